The maximum Gasteiger partial charge on any atom is 0.472 e. The summed E-state index contributed by atoms with van der Waals surface area (Å²) >= 11 is 0. The Morgan fingerprint density at radius 2 is 0.763 bits per heavy atom. The molecule has 2 N–H and O–H groups in total. The molecule has 3 unspecified atom stereocenters. The van der Waals surface area contributed by atoms with E-state index < -0.39 is 20.0 Å². The van der Waals surface area contributed by atoms with E-state index in [0.717, 1.165) is 57.8 Å². The van der Waals surface area contributed by atoms with Gasteiger partial charge in [0.2, 0.25) is 5.91 Å². The van der Waals surface area contributed by atoms with E-state index in [1.165, 1.54) is 244 Å². The summed E-state index contributed by atoms with van der Waals surface area (Å²) in [6, 6.07) is -0.842. The number of carbonyl (C=O) groups is 2. The van der Waals surface area contributed by atoms with Crippen molar-refractivity contribution in [2.45, 2.75) is 348 Å². The topological polar surface area (TPSA) is 111 Å². The van der Waals surface area contributed by atoms with Crippen LogP contribution in [-0.2, 0) is 27.9 Å². The SMILES string of the molecule is CCCCCCCC/C=C/CCCCCCCCCCCCCCCC(=O)OC(/C=C/CCCCCCCCCCCCC)C(COP(=O)(O)OCC[N+](C)(C)C)NC(=O)CCCCCCCCCCCCCCCC. The second kappa shape index (κ2) is 56.8. The van der Waals surface area contributed by atoms with Gasteiger partial charge in [0.25, 0.3) is 0 Å². The molecule has 0 aromatic heterocycles. The van der Waals surface area contributed by atoms with Gasteiger partial charge in [0.15, 0.2) is 0 Å². The molecule has 0 saturated carbocycles. The summed E-state index contributed by atoms with van der Waals surface area (Å²) in [4.78, 5) is 37.8. The van der Waals surface area contributed by atoms with E-state index in [1.807, 2.05) is 33.3 Å². The summed E-state index contributed by atoms with van der Waals surface area (Å²) < 4.78 is 30.8. The highest BCUT2D eigenvalue weighted by molar-refractivity contribution is 7.47. The highest BCUT2D eigenvalue weighted by Crippen LogP contribution is 2.43. The number of quaternary nitrogens is 1. The number of unbranched alkanes of at least 4 members (excludes halogenated alkanes) is 43. The van der Waals surface area contributed by atoms with Crippen LogP contribution in [0.3, 0.4) is 0 Å². The third-order valence-corrected chi connectivity index (χ3v) is 16.1. The fourth-order valence-corrected chi connectivity index (χ4v) is 10.7. The minimum absolute atomic E-state index is 0.0444. The quantitative estimate of drug-likeness (QED) is 0.0205. The summed E-state index contributed by atoms with van der Waals surface area (Å²) in [7, 11) is 1.52. The molecule has 1 amide bonds. The minimum Gasteiger partial charge on any atom is -0.456 e. The fraction of sp³-hybridized carbons (Fsp3) is 0.909. The van der Waals surface area contributed by atoms with Crippen LogP contribution in [0, 0.1) is 0 Å². The molecule has 0 radical (unpaired) electrons. The molecule has 450 valence electrons. The zero-order valence-electron chi connectivity index (χ0n) is 51.5. The molecule has 0 heterocycles. The number of phosphoric acid groups is 1. The Labute approximate surface area is 473 Å². The minimum atomic E-state index is -4.44. The maximum absolute atomic E-state index is 13.5. The van der Waals surface area contributed by atoms with Crippen molar-refractivity contribution in [3.8, 4) is 0 Å². The number of carbonyl (C=O) groups excluding carboxylic acids is 2. The van der Waals surface area contributed by atoms with E-state index in [1.54, 1.807) is 0 Å². The summed E-state index contributed by atoms with van der Waals surface area (Å²) in [5.74, 6) is -0.486. The number of esters is 1. The van der Waals surface area contributed by atoms with Gasteiger partial charge in [-0.15, -0.1) is 0 Å². The fourth-order valence-electron chi connectivity index (χ4n) is 10.00. The first-order chi connectivity index (χ1) is 36.9. The Balaban J connectivity index is 5.12. The van der Waals surface area contributed by atoms with E-state index in [2.05, 4.69) is 38.2 Å². The van der Waals surface area contributed by atoms with Crippen molar-refractivity contribution in [3.05, 3.63) is 24.3 Å². The second-order valence-electron chi connectivity index (χ2n) is 24.0. The zero-order valence-corrected chi connectivity index (χ0v) is 52.4. The van der Waals surface area contributed by atoms with Gasteiger partial charge in [-0.05, 0) is 57.4 Å². The molecule has 0 aromatic carbocycles. The van der Waals surface area contributed by atoms with Crippen LogP contribution in [0.1, 0.15) is 335 Å². The average Bonchev–Trinajstić information content (AvgIpc) is 3.38. The summed E-state index contributed by atoms with van der Waals surface area (Å²) in [6.45, 7) is 7.06. The van der Waals surface area contributed by atoms with Crippen LogP contribution in [-0.4, -0.2) is 74.3 Å². The Morgan fingerprint density at radius 1 is 0.447 bits per heavy atom. The lowest BCUT2D eigenvalue weighted by atomic mass is 10.0. The van der Waals surface area contributed by atoms with Crippen molar-refractivity contribution in [1.29, 1.82) is 0 Å². The van der Waals surface area contributed by atoms with Crippen molar-refractivity contribution in [3.63, 3.8) is 0 Å². The molecule has 0 aliphatic carbocycles. The second-order valence-corrected chi connectivity index (χ2v) is 25.5. The number of likely N-dealkylation sites (N-methyl/N-ethyl adjacent to an activating group) is 1. The Kier molecular flexibility index (Phi) is 55.6. The predicted molar refractivity (Wildman–Crippen MR) is 328 cm³/mol. The number of hydrogen-bond donors (Lipinski definition) is 2. The van der Waals surface area contributed by atoms with Crippen LogP contribution in [0.25, 0.3) is 0 Å². The van der Waals surface area contributed by atoms with Crippen LogP contribution in [0.4, 0.5) is 0 Å². The van der Waals surface area contributed by atoms with Gasteiger partial charge < -0.3 is 19.4 Å². The highest BCUT2D eigenvalue weighted by atomic mass is 31.2. The third kappa shape index (κ3) is 57.2. The van der Waals surface area contributed by atoms with Gasteiger partial charge in [-0.3, -0.25) is 18.6 Å². The molecule has 3 atom stereocenters. The standard InChI is InChI=1S/C66H129N2O7P/c1-7-10-13-16-19-22-25-28-30-31-32-33-34-35-36-37-38-41-44-47-50-53-56-59-66(70)75-64(57-54-51-48-45-42-39-27-24-21-18-15-12-9-3)63(62-74-76(71,72)73-61-60-68(4,5)6)67-65(69)58-55-52-49-46-43-40-29-26-23-20-17-14-11-8-2/h28,30,54,57,63-64H,7-27,29,31-53,55-56,58-62H2,1-6H3,(H-,67,69,71,72)/p+1/b30-28+,57-54+. The lowest BCUT2D eigenvalue weighted by Gasteiger charge is -2.27. The first kappa shape index (κ1) is 74.5. The van der Waals surface area contributed by atoms with Gasteiger partial charge in [0, 0.05) is 12.8 Å². The number of ether oxygens (including phenoxy) is 1. The van der Waals surface area contributed by atoms with Crippen molar-refractivity contribution in [2.75, 3.05) is 40.9 Å². The van der Waals surface area contributed by atoms with Crippen LogP contribution < -0.4 is 5.32 Å². The van der Waals surface area contributed by atoms with Gasteiger partial charge in [-0.1, -0.05) is 289 Å². The number of allylic oxidation sites excluding steroid dienone is 3. The third-order valence-electron chi connectivity index (χ3n) is 15.1. The van der Waals surface area contributed by atoms with Gasteiger partial charge in [-0.2, -0.15) is 0 Å². The van der Waals surface area contributed by atoms with Gasteiger partial charge in [0.05, 0.1) is 33.8 Å². The van der Waals surface area contributed by atoms with Gasteiger partial charge in [0.1, 0.15) is 19.3 Å². The summed E-state index contributed by atoms with van der Waals surface area (Å²) in [5, 5.41) is 3.07. The number of nitrogens with zero attached hydrogens (tertiary/aromatic N) is 1. The maximum atomic E-state index is 13.5. The van der Waals surface area contributed by atoms with E-state index in [0.29, 0.717) is 23.9 Å². The Morgan fingerprint density at radius 3 is 1.12 bits per heavy atom. The summed E-state index contributed by atoms with van der Waals surface area (Å²) in [5.41, 5.74) is 0. The monoisotopic (exact) mass is 1090 g/mol. The molecule has 76 heavy (non-hydrogen) atoms. The largest absolute Gasteiger partial charge is 0.472 e. The lowest BCUT2D eigenvalue weighted by molar-refractivity contribution is -0.870. The molecule has 0 aliphatic heterocycles. The van der Waals surface area contributed by atoms with Crippen LogP contribution >= 0.6 is 7.82 Å². The molecule has 0 spiro atoms. The van der Waals surface area contributed by atoms with E-state index in [-0.39, 0.29) is 25.1 Å². The molecule has 0 bridgehead atoms. The van der Waals surface area contributed by atoms with E-state index in [9.17, 15) is 19.0 Å². The number of rotatable bonds is 61. The molecule has 0 aliphatic rings. The molecular formula is C66H130N2O7P+. The van der Waals surface area contributed by atoms with Crippen molar-refractivity contribution in [1.82, 2.24) is 5.32 Å². The first-order valence-corrected chi connectivity index (χ1v) is 34.7. The Bertz CT molecular complexity index is 1350. The van der Waals surface area contributed by atoms with Crippen molar-refractivity contribution in [2.24, 2.45) is 0 Å². The van der Waals surface area contributed by atoms with Gasteiger partial charge in [-0.25, -0.2) is 4.57 Å². The highest BCUT2D eigenvalue weighted by Gasteiger charge is 2.30. The average molecular weight is 1090 g/mol. The zero-order chi connectivity index (χ0) is 55.7. The number of amides is 1. The number of hydrogen-bond acceptors (Lipinski definition) is 6. The lowest BCUT2D eigenvalue weighted by Crippen LogP contribution is -2.47. The van der Waals surface area contributed by atoms with E-state index in [4.69, 9.17) is 13.8 Å². The molecule has 10 heteroatoms. The smallest absolute Gasteiger partial charge is 0.456 e. The van der Waals surface area contributed by atoms with Crippen molar-refractivity contribution >= 4 is 19.7 Å². The number of phosphoric ester groups is 1. The van der Waals surface area contributed by atoms with Crippen LogP contribution in [0.5, 0.6) is 0 Å². The normalized spacial score (nSPS) is 13.7. The predicted octanol–water partition coefficient (Wildman–Crippen LogP) is 20.5. The molecule has 0 aromatic rings. The van der Waals surface area contributed by atoms with Crippen LogP contribution in [0.15, 0.2) is 24.3 Å². The molecule has 0 rings (SSSR count). The van der Waals surface area contributed by atoms with Crippen LogP contribution in [0.2, 0.25) is 0 Å². The Hall–Kier alpha value is -1.51. The van der Waals surface area contributed by atoms with Crippen molar-refractivity contribution < 1.29 is 37.3 Å². The number of nitrogens with one attached hydrogen (secondary N) is 1. The summed E-state index contributed by atoms with van der Waals surface area (Å²) in [6.07, 6.45) is 67.5. The molecule has 0 saturated heterocycles. The molecule has 9 nitrogen and oxygen atoms in total. The molecular weight excluding hydrogens is 964 g/mol. The van der Waals surface area contributed by atoms with Gasteiger partial charge >= 0.3 is 13.8 Å². The van der Waals surface area contributed by atoms with E-state index >= 15 is 0 Å². The first-order valence-electron chi connectivity index (χ1n) is 33.2. The molecule has 0 fully saturated rings.